The van der Waals surface area contributed by atoms with Crippen LogP contribution >= 0.6 is 0 Å². The standard InChI is InChI=1S/C28H37N3O2/c1-3-4-12-24-23(21-27(33-2)26-14-8-7-13-25(24)26)15-16-28(32)30-18-9-5-6-10-19-31-20-11-17-29-22-31/h7-8,11,13-17,20-21H,3-6,9-10,12,18-19,22H2,1-2H3,(H,30,32). The minimum atomic E-state index is -0.0418. The zero-order chi connectivity index (χ0) is 23.3. The number of hydrogen-bond acceptors (Lipinski definition) is 4. The van der Waals surface area contributed by atoms with Crippen molar-refractivity contribution in [3.63, 3.8) is 0 Å². The number of nitrogens with zero attached hydrogens (tertiary/aromatic N) is 2. The number of ether oxygens (including phenoxy) is 1. The number of hydrogen-bond donors (Lipinski definition) is 1. The van der Waals surface area contributed by atoms with Crippen molar-refractivity contribution < 1.29 is 9.53 Å². The molecule has 0 bridgehead atoms. The average Bonchev–Trinajstić information content (AvgIpc) is 2.86. The van der Waals surface area contributed by atoms with Crippen molar-refractivity contribution >= 4 is 29.0 Å². The number of benzene rings is 2. The van der Waals surface area contributed by atoms with Crippen molar-refractivity contribution in [2.75, 3.05) is 26.9 Å². The van der Waals surface area contributed by atoms with E-state index in [-0.39, 0.29) is 5.91 Å². The van der Waals surface area contributed by atoms with Gasteiger partial charge in [0.2, 0.25) is 5.91 Å². The summed E-state index contributed by atoms with van der Waals surface area (Å²) in [4.78, 5) is 18.9. The van der Waals surface area contributed by atoms with Gasteiger partial charge in [-0.05, 0) is 60.4 Å². The number of carbonyl (C=O) groups is 1. The van der Waals surface area contributed by atoms with E-state index < -0.39 is 0 Å². The fraction of sp³-hybridized carbons (Fsp3) is 0.429. The van der Waals surface area contributed by atoms with E-state index in [1.54, 1.807) is 13.2 Å². The van der Waals surface area contributed by atoms with E-state index in [2.05, 4.69) is 52.6 Å². The first-order chi connectivity index (χ1) is 16.2. The molecule has 0 radical (unpaired) electrons. The molecule has 0 aromatic heterocycles. The second-order valence-corrected chi connectivity index (χ2v) is 8.46. The number of rotatable bonds is 13. The summed E-state index contributed by atoms with van der Waals surface area (Å²) < 4.78 is 5.64. The Hall–Kier alpha value is -3.08. The lowest BCUT2D eigenvalue weighted by Gasteiger charge is -2.19. The second-order valence-electron chi connectivity index (χ2n) is 8.46. The van der Waals surface area contributed by atoms with Crippen LogP contribution < -0.4 is 10.1 Å². The number of methoxy groups -OCH3 is 1. The number of aryl methyl sites for hydroxylation is 1. The Bertz CT molecular complexity index is 994. The van der Waals surface area contributed by atoms with Gasteiger partial charge < -0.3 is 15.0 Å². The molecular formula is C28H37N3O2. The maximum atomic E-state index is 12.4. The Morgan fingerprint density at radius 1 is 1.15 bits per heavy atom. The van der Waals surface area contributed by atoms with Gasteiger partial charge in [0.05, 0.1) is 7.11 Å². The molecule has 5 heteroatoms. The lowest BCUT2D eigenvalue weighted by Crippen LogP contribution is -2.22. The molecule has 0 aliphatic carbocycles. The minimum Gasteiger partial charge on any atom is -0.496 e. The average molecular weight is 448 g/mol. The van der Waals surface area contributed by atoms with Crippen LogP contribution in [-0.4, -0.2) is 43.9 Å². The fourth-order valence-corrected chi connectivity index (χ4v) is 4.17. The normalized spacial score (nSPS) is 13.2. The lowest BCUT2D eigenvalue weighted by molar-refractivity contribution is -0.116. The van der Waals surface area contributed by atoms with Gasteiger partial charge in [-0.1, -0.05) is 50.5 Å². The molecule has 1 N–H and O–H groups in total. The molecule has 0 saturated heterocycles. The summed E-state index contributed by atoms with van der Waals surface area (Å²) in [6.45, 7) is 4.72. The quantitative estimate of drug-likeness (QED) is 0.315. The van der Waals surface area contributed by atoms with Crippen molar-refractivity contribution in [3.8, 4) is 5.75 Å². The van der Waals surface area contributed by atoms with Crippen LogP contribution in [0.1, 0.15) is 56.6 Å². The molecule has 1 aliphatic rings. The topological polar surface area (TPSA) is 53.9 Å². The number of fused-ring (bicyclic) bond motifs is 1. The zero-order valence-electron chi connectivity index (χ0n) is 20.1. The van der Waals surface area contributed by atoms with Crippen molar-refractivity contribution in [2.45, 2.75) is 51.9 Å². The van der Waals surface area contributed by atoms with Crippen molar-refractivity contribution in [2.24, 2.45) is 4.99 Å². The van der Waals surface area contributed by atoms with Gasteiger partial charge in [0.15, 0.2) is 0 Å². The number of allylic oxidation sites excluding steroid dienone is 1. The Balaban J connectivity index is 1.49. The highest BCUT2D eigenvalue weighted by molar-refractivity contribution is 5.96. The van der Waals surface area contributed by atoms with E-state index in [1.807, 2.05) is 24.4 Å². The molecule has 0 saturated carbocycles. The highest BCUT2D eigenvalue weighted by atomic mass is 16.5. The molecule has 2 aromatic carbocycles. The SMILES string of the molecule is CCCCc1c(C=CC(=O)NCCCCCCN2C=CC=NC2)cc(OC)c2ccccc12. The maximum absolute atomic E-state index is 12.4. The molecule has 3 rings (SSSR count). The Kier molecular flexibility index (Phi) is 10.0. The summed E-state index contributed by atoms with van der Waals surface area (Å²) in [6, 6.07) is 10.4. The monoisotopic (exact) mass is 447 g/mol. The van der Waals surface area contributed by atoms with Gasteiger partial charge in [-0.3, -0.25) is 9.79 Å². The van der Waals surface area contributed by atoms with E-state index in [0.29, 0.717) is 6.54 Å². The predicted molar refractivity (Wildman–Crippen MR) is 139 cm³/mol. The van der Waals surface area contributed by atoms with Crippen LogP contribution in [0.25, 0.3) is 16.8 Å². The molecule has 1 amide bonds. The van der Waals surface area contributed by atoms with Gasteiger partial charge in [0.25, 0.3) is 0 Å². The van der Waals surface area contributed by atoms with Gasteiger partial charge in [0.1, 0.15) is 12.4 Å². The van der Waals surface area contributed by atoms with Gasteiger partial charge >= 0.3 is 0 Å². The van der Waals surface area contributed by atoms with Gasteiger partial charge in [-0.2, -0.15) is 0 Å². The third-order valence-electron chi connectivity index (χ3n) is 5.99. The Morgan fingerprint density at radius 2 is 1.97 bits per heavy atom. The largest absolute Gasteiger partial charge is 0.496 e. The lowest BCUT2D eigenvalue weighted by atomic mass is 9.94. The van der Waals surface area contributed by atoms with Crippen molar-refractivity contribution in [3.05, 3.63) is 59.8 Å². The summed E-state index contributed by atoms with van der Waals surface area (Å²) in [7, 11) is 1.70. The first-order valence-corrected chi connectivity index (χ1v) is 12.2. The van der Waals surface area contributed by atoms with E-state index in [0.717, 1.165) is 74.9 Å². The predicted octanol–water partition coefficient (Wildman–Crippen LogP) is 5.74. The van der Waals surface area contributed by atoms with Crippen LogP contribution in [0.15, 0.2) is 53.7 Å². The number of aliphatic imine (C=N–C) groups is 1. The molecule has 0 unspecified atom stereocenters. The van der Waals surface area contributed by atoms with Crippen LogP contribution in [0, 0.1) is 0 Å². The Labute approximate surface area is 198 Å². The van der Waals surface area contributed by atoms with Crippen LogP contribution in [-0.2, 0) is 11.2 Å². The van der Waals surface area contributed by atoms with E-state index in [9.17, 15) is 4.79 Å². The first kappa shape index (κ1) is 24.6. The third kappa shape index (κ3) is 7.48. The van der Waals surface area contributed by atoms with E-state index >= 15 is 0 Å². The maximum Gasteiger partial charge on any atom is 0.243 e. The molecule has 5 nitrogen and oxygen atoms in total. The van der Waals surface area contributed by atoms with Gasteiger partial charge in [0, 0.05) is 37.0 Å². The molecule has 1 heterocycles. The highest BCUT2D eigenvalue weighted by Crippen LogP contribution is 2.33. The molecule has 0 fully saturated rings. The van der Waals surface area contributed by atoms with Crippen LogP contribution in [0.5, 0.6) is 5.75 Å². The van der Waals surface area contributed by atoms with E-state index in [1.165, 1.54) is 10.9 Å². The third-order valence-corrected chi connectivity index (χ3v) is 5.99. The van der Waals surface area contributed by atoms with Gasteiger partial charge in [-0.25, -0.2) is 0 Å². The molecule has 2 aromatic rings. The number of carbonyl (C=O) groups excluding carboxylic acids is 1. The summed E-state index contributed by atoms with van der Waals surface area (Å²) in [6.07, 6.45) is 17.2. The fourth-order valence-electron chi connectivity index (χ4n) is 4.17. The van der Waals surface area contributed by atoms with Crippen molar-refractivity contribution in [1.29, 1.82) is 0 Å². The van der Waals surface area contributed by atoms with Crippen LogP contribution in [0.3, 0.4) is 0 Å². The Morgan fingerprint density at radius 3 is 2.73 bits per heavy atom. The summed E-state index contributed by atoms with van der Waals surface area (Å²) in [5, 5.41) is 5.35. The smallest absolute Gasteiger partial charge is 0.243 e. The summed E-state index contributed by atoms with van der Waals surface area (Å²) in [5.41, 5.74) is 2.34. The van der Waals surface area contributed by atoms with Gasteiger partial charge in [-0.15, -0.1) is 0 Å². The zero-order valence-corrected chi connectivity index (χ0v) is 20.1. The van der Waals surface area contributed by atoms with Crippen LogP contribution in [0.2, 0.25) is 0 Å². The minimum absolute atomic E-state index is 0.0418. The number of nitrogens with one attached hydrogen (secondary N) is 1. The van der Waals surface area contributed by atoms with Crippen molar-refractivity contribution in [1.82, 2.24) is 10.2 Å². The molecular weight excluding hydrogens is 410 g/mol. The molecule has 0 spiro atoms. The highest BCUT2D eigenvalue weighted by Gasteiger charge is 2.11. The number of unbranched alkanes of at least 4 members (excludes halogenated alkanes) is 4. The van der Waals surface area contributed by atoms with Crippen LogP contribution in [0.4, 0.5) is 0 Å². The summed E-state index contributed by atoms with van der Waals surface area (Å²) in [5.74, 6) is 0.803. The molecule has 0 atom stereocenters. The second kappa shape index (κ2) is 13.5. The summed E-state index contributed by atoms with van der Waals surface area (Å²) >= 11 is 0. The first-order valence-electron chi connectivity index (χ1n) is 12.2. The number of amides is 1. The molecule has 1 aliphatic heterocycles. The molecule has 33 heavy (non-hydrogen) atoms. The van der Waals surface area contributed by atoms with E-state index in [4.69, 9.17) is 4.74 Å². The molecule has 176 valence electrons.